The number of aliphatic hydroxyl groups excluding tert-OH is 1. The van der Waals surface area contributed by atoms with Crippen LogP contribution in [0.3, 0.4) is 0 Å². The maximum atomic E-state index is 12.9. The molecular weight excluding hydrogens is 209 g/mol. The van der Waals surface area contributed by atoms with Crippen molar-refractivity contribution in [2.75, 3.05) is 19.7 Å². The highest BCUT2D eigenvalue weighted by Crippen LogP contribution is 2.06. The average molecular weight is 225 g/mol. The van der Waals surface area contributed by atoms with E-state index in [0.29, 0.717) is 18.7 Å². The Bertz CT molecular complexity index is 355. The van der Waals surface area contributed by atoms with Crippen molar-refractivity contribution in [1.29, 1.82) is 0 Å². The molecule has 0 atom stereocenters. The SMILES string of the molecule is CCN(CCO)C(=O)Cc1cccc(F)c1. The number of rotatable bonds is 5. The van der Waals surface area contributed by atoms with Crippen LogP contribution in [-0.2, 0) is 11.2 Å². The molecule has 0 fully saturated rings. The summed E-state index contributed by atoms with van der Waals surface area (Å²) in [5.41, 5.74) is 0.654. The lowest BCUT2D eigenvalue weighted by Crippen LogP contribution is -2.34. The van der Waals surface area contributed by atoms with Crippen molar-refractivity contribution < 1.29 is 14.3 Å². The third kappa shape index (κ3) is 3.62. The van der Waals surface area contributed by atoms with Crippen LogP contribution in [0.2, 0.25) is 0 Å². The molecule has 0 aliphatic heterocycles. The second-order valence-electron chi connectivity index (χ2n) is 3.50. The highest BCUT2D eigenvalue weighted by molar-refractivity contribution is 5.78. The molecule has 0 bridgehead atoms. The van der Waals surface area contributed by atoms with Gasteiger partial charge < -0.3 is 10.0 Å². The zero-order chi connectivity index (χ0) is 12.0. The van der Waals surface area contributed by atoms with E-state index in [1.807, 2.05) is 6.92 Å². The molecule has 0 aliphatic rings. The van der Waals surface area contributed by atoms with Gasteiger partial charge in [0, 0.05) is 13.1 Å². The van der Waals surface area contributed by atoms with E-state index in [9.17, 15) is 9.18 Å². The largest absolute Gasteiger partial charge is 0.395 e. The summed E-state index contributed by atoms with van der Waals surface area (Å²) in [5.74, 6) is -0.433. The zero-order valence-corrected chi connectivity index (χ0v) is 9.32. The van der Waals surface area contributed by atoms with Crippen LogP contribution in [0.15, 0.2) is 24.3 Å². The Morgan fingerprint density at radius 2 is 2.25 bits per heavy atom. The fourth-order valence-corrected chi connectivity index (χ4v) is 1.51. The minimum Gasteiger partial charge on any atom is -0.395 e. The van der Waals surface area contributed by atoms with E-state index in [2.05, 4.69) is 0 Å². The predicted octanol–water partition coefficient (Wildman–Crippen LogP) is 1.21. The molecule has 0 radical (unpaired) electrons. The molecular formula is C12H16FNO2. The number of benzene rings is 1. The number of amides is 1. The van der Waals surface area contributed by atoms with Gasteiger partial charge in [-0.15, -0.1) is 0 Å². The van der Waals surface area contributed by atoms with Gasteiger partial charge in [-0.05, 0) is 24.6 Å². The van der Waals surface area contributed by atoms with E-state index in [4.69, 9.17) is 5.11 Å². The van der Waals surface area contributed by atoms with E-state index >= 15 is 0 Å². The lowest BCUT2D eigenvalue weighted by atomic mass is 10.1. The van der Waals surface area contributed by atoms with Crippen LogP contribution in [0.5, 0.6) is 0 Å². The van der Waals surface area contributed by atoms with Gasteiger partial charge in [-0.3, -0.25) is 4.79 Å². The molecule has 0 unspecified atom stereocenters. The van der Waals surface area contributed by atoms with E-state index in [1.165, 1.54) is 12.1 Å². The van der Waals surface area contributed by atoms with Crippen molar-refractivity contribution in [1.82, 2.24) is 4.90 Å². The number of hydrogen-bond donors (Lipinski definition) is 1. The maximum absolute atomic E-state index is 12.9. The highest BCUT2D eigenvalue weighted by Gasteiger charge is 2.11. The number of nitrogens with zero attached hydrogens (tertiary/aromatic N) is 1. The molecule has 1 amide bonds. The summed E-state index contributed by atoms with van der Waals surface area (Å²) in [6.45, 7) is 2.67. The first-order valence-corrected chi connectivity index (χ1v) is 5.30. The summed E-state index contributed by atoms with van der Waals surface area (Å²) < 4.78 is 12.9. The van der Waals surface area contributed by atoms with Crippen LogP contribution < -0.4 is 0 Å². The van der Waals surface area contributed by atoms with Crippen LogP contribution in [0.4, 0.5) is 4.39 Å². The van der Waals surface area contributed by atoms with Crippen molar-refractivity contribution in [2.45, 2.75) is 13.3 Å². The standard InChI is InChI=1S/C12H16FNO2/c1-2-14(6-7-15)12(16)9-10-4-3-5-11(13)8-10/h3-5,8,15H,2,6-7,9H2,1H3. The van der Waals surface area contributed by atoms with E-state index in [-0.39, 0.29) is 24.8 Å². The van der Waals surface area contributed by atoms with Crippen LogP contribution in [-0.4, -0.2) is 35.6 Å². The Hall–Kier alpha value is -1.42. The van der Waals surface area contributed by atoms with Gasteiger partial charge in [-0.25, -0.2) is 4.39 Å². The molecule has 0 heterocycles. The van der Waals surface area contributed by atoms with Gasteiger partial charge in [0.15, 0.2) is 0 Å². The van der Waals surface area contributed by atoms with Crippen molar-refractivity contribution in [2.24, 2.45) is 0 Å². The molecule has 16 heavy (non-hydrogen) atoms. The van der Waals surface area contributed by atoms with Crippen molar-refractivity contribution in [3.63, 3.8) is 0 Å². The molecule has 0 saturated carbocycles. The molecule has 3 nitrogen and oxygen atoms in total. The number of halogens is 1. The smallest absolute Gasteiger partial charge is 0.227 e. The Kier molecular flexibility index (Phi) is 4.92. The second kappa shape index (κ2) is 6.23. The molecule has 0 spiro atoms. The average Bonchev–Trinajstić information content (AvgIpc) is 2.25. The normalized spacial score (nSPS) is 10.2. The summed E-state index contributed by atoms with van der Waals surface area (Å²) in [6.07, 6.45) is 0.172. The summed E-state index contributed by atoms with van der Waals surface area (Å²) in [5, 5.41) is 8.77. The zero-order valence-electron chi connectivity index (χ0n) is 9.32. The number of carbonyl (C=O) groups is 1. The monoisotopic (exact) mass is 225 g/mol. The first-order chi connectivity index (χ1) is 7.67. The molecule has 0 saturated heterocycles. The predicted molar refractivity (Wildman–Crippen MR) is 59.4 cm³/mol. The number of likely N-dealkylation sites (N-methyl/N-ethyl adjacent to an activating group) is 1. The van der Waals surface area contributed by atoms with Crippen molar-refractivity contribution >= 4 is 5.91 Å². The summed E-state index contributed by atoms with van der Waals surface area (Å²) in [4.78, 5) is 13.3. The van der Waals surface area contributed by atoms with Gasteiger partial charge in [0.05, 0.1) is 13.0 Å². The summed E-state index contributed by atoms with van der Waals surface area (Å²) >= 11 is 0. The van der Waals surface area contributed by atoms with Crippen molar-refractivity contribution in [3.8, 4) is 0 Å². The lowest BCUT2D eigenvalue weighted by molar-refractivity contribution is -0.130. The highest BCUT2D eigenvalue weighted by atomic mass is 19.1. The molecule has 0 aromatic heterocycles. The van der Waals surface area contributed by atoms with Gasteiger partial charge in [-0.2, -0.15) is 0 Å². The summed E-state index contributed by atoms with van der Waals surface area (Å²) in [7, 11) is 0. The molecule has 4 heteroatoms. The van der Waals surface area contributed by atoms with Gasteiger partial charge in [-0.1, -0.05) is 12.1 Å². The molecule has 88 valence electrons. The molecule has 1 aromatic carbocycles. The van der Waals surface area contributed by atoms with E-state index in [0.717, 1.165) is 0 Å². The quantitative estimate of drug-likeness (QED) is 0.818. The first kappa shape index (κ1) is 12.6. The second-order valence-corrected chi connectivity index (χ2v) is 3.50. The van der Waals surface area contributed by atoms with Crippen molar-refractivity contribution in [3.05, 3.63) is 35.6 Å². The van der Waals surface area contributed by atoms with Crippen LogP contribution in [0.25, 0.3) is 0 Å². The topological polar surface area (TPSA) is 40.5 Å². The third-order valence-electron chi connectivity index (χ3n) is 2.35. The number of carbonyl (C=O) groups excluding carboxylic acids is 1. The van der Waals surface area contributed by atoms with Crippen LogP contribution >= 0.6 is 0 Å². The van der Waals surface area contributed by atoms with E-state index < -0.39 is 0 Å². The molecule has 0 aliphatic carbocycles. The summed E-state index contributed by atoms with van der Waals surface area (Å²) in [6, 6.07) is 6.00. The number of aliphatic hydroxyl groups is 1. The minimum atomic E-state index is -0.337. The lowest BCUT2D eigenvalue weighted by Gasteiger charge is -2.19. The van der Waals surface area contributed by atoms with E-state index in [1.54, 1.807) is 17.0 Å². The fourth-order valence-electron chi connectivity index (χ4n) is 1.51. The molecule has 1 N–H and O–H groups in total. The van der Waals surface area contributed by atoms with Crippen LogP contribution in [0, 0.1) is 5.82 Å². The van der Waals surface area contributed by atoms with Gasteiger partial charge in [0.1, 0.15) is 5.82 Å². The van der Waals surface area contributed by atoms with Gasteiger partial charge >= 0.3 is 0 Å². The first-order valence-electron chi connectivity index (χ1n) is 5.30. The number of hydrogen-bond acceptors (Lipinski definition) is 2. The minimum absolute atomic E-state index is 0.0528. The van der Waals surface area contributed by atoms with Gasteiger partial charge in [0.2, 0.25) is 5.91 Å². The Labute approximate surface area is 94.5 Å². The Morgan fingerprint density at radius 1 is 1.50 bits per heavy atom. The van der Waals surface area contributed by atoms with Gasteiger partial charge in [0.25, 0.3) is 0 Å². The fraction of sp³-hybridized carbons (Fsp3) is 0.417. The van der Waals surface area contributed by atoms with Crippen LogP contribution in [0.1, 0.15) is 12.5 Å². The third-order valence-corrected chi connectivity index (χ3v) is 2.35. The molecule has 1 aromatic rings. The Morgan fingerprint density at radius 3 is 2.81 bits per heavy atom. The maximum Gasteiger partial charge on any atom is 0.227 e. The molecule has 1 rings (SSSR count). The Balaban J connectivity index is 2.62.